The van der Waals surface area contributed by atoms with Crippen LogP contribution in [-0.4, -0.2) is 12.6 Å². The van der Waals surface area contributed by atoms with E-state index in [1.165, 1.54) is 52.9 Å². The molecule has 0 saturated heterocycles. The number of rotatable bonds is 7. The van der Waals surface area contributed by atoms with E-state index >= 15 is 0 Å². The molecule has 0 bridgehead atoms. The zero-order valence-corrected chi connectivity index (χ0v) is 13.2. The van der Waals surface area contributed by atoms with Crippen LogP contribution in [0.15, 0.2) is 10.5 Å². The molecule has 0 radical (unpaired) electrons. The first kappa shape index (κ1) is 13.6. The molecule has 1 nitrogen and oxygen atoms in total. The summed E-state index contributed by atoms with van der Waals surface area (Å²) in [5.74, 6) is 0.829. The Morgan fingerprint density at radius 2 is 2.24 bits per heavy atom. The van der Waals surface area contributed by atoms with Crippen molar-refractivity contribution in [1.82, 2.24) is 5.32 Å². The van der Waals surface area contributed by atoms with Crippen LogP contribution in [0, 0.1) is 12.8 Å². The summed E-state index contributed by atoms with van der Waals surface area (Å²) in [6.45, 7) is 5.77. The van der Waals surface area contributed by atoms with Gasteiger partial charge in [-0.3, -0.25) is 0 Å². The number of nitrogens with one attached hydrogen (secondary N) is 1. The number of aryl methyl sites for hydroxylation is 2. The van der Waals surface area contributed by atoms with Crippen LogP contribution in [0.1, 0.15) is 42.4 Å². The molecule has 1 saturated carbocycles. The van der Waals surface area contributed by atoms with Crippen molar-refractivity contribution in [2.45, 2.75) is 52.0 Å². The van der Waals surface area contributed by atoms with Gasteiger partial charge in [-0.1, -0.05) is 6.92 Å². The van der Waals surface area contributed by atoms with Gasteiger partial charge in [-0.05, 0) is 73.5 Å². The summed E-state index contributed by atoms with van der Waals surface area (Å²) in [7, 11) is 0. The molecule has 1 fully saturated rings. The molecule has 0 spiro atoms. The zero-order chi connectivity index (χ0) is 12.3. The molecule has 1 atom stereocenters. The van der Waals surface area contributed by atoms with Gasteiger partial charge < -0.3 is 5.32 Å². The van der Waals surface area contributed by atoms with Gasteiger partial charge in [-0.2, -0.15) is 0 Å². The first-order valence-corrected chi connectivity index (χ1v) is 8.24. The van der Waals surface area contributed by atoms with E-state index < -0.39 is 0 Å². The first-order chi connectivity index (χ1) is 8.15. The maximum atomic E-state index is 3.65. The lowest BCUT2D eigenvalue weighted by molar-refractivity contribution is 0.470. The van der Waals surface area contributed by atoms with Crippen molar-refractivity contribution >= 4 is 27.3 Å². The Morgan fingerprint density at radius 1 is 1.47 bits per heavy atom. The molecular formula is C14H22BrNS. The summed E-state index contributed by atoms with van der Waals surface area (Å²) in [6, 6.07) is 3.09. The van der Waals surface area contributed by atoms with E-state index in [1.54, 1.807) is 0 Å². The summed E-state index contributed by atoms with van der Waals surface area (Å²) < 4.78 is 1.31. The molecule has 0 aromatic carbocycles. The predicted molar refractivity (Wildman–Crippen MR) is 79.9 cm³/mol. The van der Waals surface area contributed by atoms with Crippen LogP contribution in [0.3, 0.4) is 0 Å². The van der Waals surface area contributed by atoms with Gasteiger partial charge in [0.2, 0.25) is 0 Å². The Morgan fingerprint density at radius 3 is 2.82 bits per heavy atom. The molecule has 1 aliphatic carbocycles. The largest absolute Gasteiger partial charge is 0.314 e. The van der Waals surface area contributed by atoms with Gasteiger partial charge in [0.25, 0.3) is 0 Å². The van der Waals surface area contributed by atoms with Crippen molar-refractivity contribution < 1.29 is 0 Å². The molecular weight excluding hydrogens is 294 g/mol. The molecule has 2 rings (SSSR count). The molecule has 0 amide bonds. The highest BCUT2D eigenvalue weighted by Crippen LogP contribution is 2.29. The van der Waals surface area contributed by atoms with Crippen LogP contribution in [0.2, 0.25) is 0 Å². The van der Waals surface area contributed by atoms with Gasteiger partial charge in [-0.25, -0.2) is 0 Å². The summed E-state index contributed by atoms with van der Waals surface area (Å²) >= 11 is 5.58. The van der Waals surface area contributed by atoms with E-state index in [2.05, 4.69) is 41.2 Å². The Bertz CT molecular complexity index is 357. The fourth-order valence-electron chi connectivity index (χ4n) is 2.05. The molecule has 1 heterocycles. The Hall–Kier alpha value is 0.140. The van der Waals surface area contributed by atoms with Gasteiger partial charge in [0.1, 0.15) is 0 Å². The minimum absolute atomic E-state index is 0.829. The molecule has 96 valence electrons. The van der Waals surface area contributed by atoms with E-state index in [9.17, 15) is 0 Å². The van der Waals surface area contributed by atoms with Crippen LogP contribution in [-0.2, 0) is 6.42 Å². The minimum atomic E-state index is 0.829. The fraction of sp³-hybridized carbons (Fsp3) is 0.714. The third-order valence-corrected chi connectivity index (χ3v) is 5.47. The van der Waals surface area contributed by atoms with Gasteiger partial charge in [-0.15, -0.1) is 11.3 Å². The van der Waals surface area contributed by atoms with Crippen molar-refractivity contribution in [3.63, 3.8) is 0 Å². The SMILES string of the molecule is Cc1cc(Br)c(CCC(C)CCNC2CC2)s1. The lowest BCUT2D eigenvalue weighted by Crippen LogP contribution is -2.19. The maximum Gasteiger partial charge on any atom is 0.0317 e. The third-order valence-electron chi connectivity index (χ3n) is 3.39. The van der Waals surface area contributed by atoms with Crippen molar-refractivity contribution in [2.75, 3.05) is 6.54 Å². The number of hydrogen-bond donors (Lipinski definition) is 1. The first-order valence-electron chi connectivity index (χ1n) is 6.63. The number of halogens is 1. The average Bonchev–Trinajstić information content (AvgIpc) is 3.02. The molecule has 1 unspecified atom stereocenters. The molecule has 0 aliphatic heterocycles. The second-order valence-electron chi connectivity index (χ2n) is 5.29. The Kier molecular flexibility index (Phi) is 5.07. The normalized spacial score (nSPS) is 17.4. The van der Waals surface area contributed by atoms with Crippen molar-refractivity contribution in [3.05, 3.63) is 20.3 Å². The summed E-state index contributed by atoms with van der Waals surface area (Å²) in [5.41, 5.74) is 0. The van der Waals surface area contributed by atoms with E-state index in [4.69, 9.17) is 0 Å². The van der Waals surface area contributed by atoms with Crippen molar-refractivity contribution in [2.24, 2.45) is 5.92 Å². The Labute approximate surface area is 117 Å². The second-order valence-corrected chi connectivity index (χ2v) is 7.48. The highest BCUT2D eigenvalue weighted by atomic mass is 79.9. The van der Waals surface area contributed by atoms with Gasteiger partial charge in [0.05, 0.1) is 0 Å². The predicted octanol–water partition coefficient (Wildman–Crippen LogP) is 4.53. The van der Waals surface area contributed by atoms with E-state index in [0.717, 1.165) is 12.0 Å². The van der Waals surface area contributed by atoms with Crippen LogP contribution in [0.4, 0.5) is 0 Å². The summed E-state index contributed by atoms with van der Waals surface area (Å²) in [4.78, 5) is 2.93. The van der Waals surface area contributed by atoms with E-state index in [1.807, 2.05) is 11.3 Å². The summed E-state index contributed by atoms with van der Waals surface area (Å²) in [5, 5.41) is 3.59. The van der Waals surface area contributed by atoms with Crippen LogP contribution in [0.5, 0.6) is 0 Å². The number of hydrogen-bond acceptors (Lipinski definition) is 2. The summed E-state index contributed by atoms with van der Waals surface area (Å²) in [6.07, 6.45) is 6.65. The molecule has 3 heteroatoms. The lowest BCUT2D eigenvalue weighted by atomic mass is 10.0. The van der Waals surface area contributed by atoms with E-state index in [0.29, 0.717) is 0 Å². The fourth-order valence-corrected chi connectivity index (χ4v) is 3.92. The molecule has 1 aromatic rings. The van der Waals surface area contributed by atoms with Crippen LogP contribution < -0.4 is 5.32 Å². The van der Waals surface area contributed by atoms with Crippen LogP contribution >= 0.6 is 27.3 Å². The van der Waals surface area contributed by atoms with Crippen LogP contribution in [0.25, 0.3) is 0 Å². The van der Waals surface area contributed by atoms with Crippen molar-refractivity contribution in [3.8, 4) is 0 Å². The number of thiophene rings is 1. The molecule has 1 aliphatic rings. The third kappa shape index (κ3) is 4.72. The minimum Gasteiger partial charge on any atom is -0.314 e. The maximum absolute atomic E-state index is 3.65. The standard InChI is InChI=1S/C14H22BrNS/c1-10(7-8-16-12-4-5-12)3-6-14-13(15)9-11(2)17-14/h9-10,12,16H,3-8H2,1-2H3. The molecule has 17 heavy (non-hydrogen) atoms. The van der Waals surface area contributed by atoms with Gasteiger partial charge >= 0.3 is 0 Å². The van der Waals surface area contributed by atoms with Gasteiger partial charge in [0, 0.05) is 20.3 Å². The topological polar surface area (TPSA) is 12.0 Å². The molecule has 1 N–H and O–H groups in total. The average molecular weight is 316 g/mol. The zero-order valence-electron chi connectivity index (χ0n) is 10.8. The lowest BCUT2D eigenvalue weighted by Gasteiger charge is -2.11. The van der Waals surface area contributed by atoms with E-state index in [-0.39, 0.29) is 0 Å². The highest BCUT2D eigenvalue weighted by molar-refractivity contribution is 9.10. The molecule has 1 aromatic heterocycles. The highest BCUT2D eigenvalue weighted by Gasteiger charge is 2.19. The van der Waals surface area contributed by atoms with Crippen molar-refractivity contribution in [1.29, 1.82) is 0 Å². The Balaban J connectivity index is 1.64. The van der Waals surface area contributed by atoms with Gasteiger partial charge in [0.15, 0.2) is 0 Å². The second kappa shape index (κ2) is 6.35. The smallest absolute Gasteiger partial charge is 0.0317 e. The monoisotopic (exact) mass is 315 g/mol. The quantitative estimate of drug-likeness (QED) is 0.779.